The Hall–Kier alpha value is -1.62. The van der Waals surface area contributed by atoms with Gasteiger partial charge in [-0.05, 0) is 32.3 Å². The van der Waals surface area contributed by atoms with Crippen molar-refractivity contribution in [3.05, 3.63) is 33.9 Å². The lowest BCUT2D eigenvalue weighted by Crippen LogP contribution is -2.30. The molecule has 0 saturated carbocycles. The smallest absolute Gasteiger partial charge is 0.274 e. The molecule has 1 N–H and O–H groups in total. The molecule has 0 aliphatic carbocycles. The fourth-order valence-electron chi connectivity index (χ4n) is 2.90. The second-order valence-corrected chi connectivity index (χ2v) is 5.12. The number of nitro benzene ring substituents is 1. The van der Waals surface area contributed by atoms with Gasteiger partial charge in [-0.15, -0.1) is 0 Å². The molecule has 96 valence electrons. The van der Waals surface area contributed by atoms with Gasteiger partial charge in [0, 0.05) is 17.3 Å². The number of hydrogen-bond donors (Lipinski definition) is 1. The van der Waals surface area contributed by atoms with Crippen LogP contribution in [-0.4, -0.2) is 23.2 Å². The van der Waals surface area contributed by atoms with Crippen LogP contribution in [0.3, 0.4) is 0 Å². The van der Waals surface area contributed by atoms with Crippen molar-refractivity contribution in [2.45, 2.75) is 44.4 Å². The minimum absolute atomic E-state index is 0.170. The van der Waals surface area contributed by atoms with Gasteiger partial charge in [0.05, 0.1) is 23.2 Å². The topological polar surface area (TPSA) is 64.4 Å². The summed E-state index contributed by atoms with van der Waals surface area (Å²) in [4.78, 5) is 10.6. The number of fused-ring (bicyclic) bond motifs is 2. The fourth-order valence-corrected chi connectivity index (χ4v) is 2.90. The van der Waals surface area contributed by atoms with Crippen LogP contribution < -0.4 is 5.32 Å². The number of rotatable bonds is 3. The minimum Gasteiger partial charge on any atom is -0.379 e. The number of benzene rings is 1. The Labute approximate surface area is 105 Å². The van der Waals surface area contributed by atoms with E-state index in [0.717, 1.165) is 24.9 Å². The van der Waals surface area contributed by atoms with Gasteiger partial charge in [0.15, 0.2) is 0 Å². The lowest BCUT2D eigenvalue weighted by Gasteiger charge is -2.21. The Bertz CT molecular complexity index is 489. The van der Waals surface area contributed by atoms with Crippen molar-refractivity contribution in [3.8, 4) is 0 Å². The Balaban J connectivity index is 1.77. The van der Waals surface area contributed by atoms with E-state index in [0.29, 0.717) is 17.7 Å². The highest BCUT2D eigenvalue weighted by molar-refractivity contribution is 5.55. The molecule has 5 nitrogen and oxygen atoms in total. The van der Waals surface area contributed by atoms with Crippen molar-refractivity contribution in [1.82, 2.24) is 0 Å². The van der Waals surface area contributed by atoms with Crippen LogP contribution in [0.25, 0.3) is 0 Å². The van der Waals surface area contributed by atoms with E-state index in [2.05, 4.69) is 5.32 Å². The van der Waals surface area contributed by atoms with Gasteiger partial charge in [0.25, 0.3) is 5.69 Å². The predicted octanol–water partition coefficient (Wildman–Crippen LogP) is 2.64. The summed E-state index contributed by atoms with van der Waals surface area (Å²) in [5, 5.41) is 14.3. The molecule has 3 atom stereocenters. The van der Waals surface area contributed by atoms with E-state index >= 15 is 0 Å². The van der Waals surface area contributed by atoms with Gasteiger partial charge >= 0.3 is 0 Å². The summed E-state index contributed by atoms with van der Waals surface area (Å²) >= 11 is 0. The normalized spacial score (nSPS) is 29.5. The number of hydrogen-bond acceptors (Lipinski definition) is 4. The van der Waals surface area contributed by atoms with E-state index < -0.39 is 0 Å². The van der Waals surface area contributed by atoms with Crippen LogP contribution in [0.2, 0.25) is 0 Å². The summed E-state index contributed by atoms with van der Waals surface area (Å²) in [6, 6.07) is 5.59. The quantitative estimate of drug-likeness (QED) is 0.659. The number of ether oxygens (including phenoxy) is 1. The molecule has 0 amide bonds. The van der Waals surface area contributed by atoms with Crippen LogP contribution in [0, 0.1) is 17.0 Å². The molecule has 0 spiro atoms. The molecular formula is C13H16N2O3. The molecule has 2 fully saturated rings. The van der Waals surface area contributed by atoms with Gasteiger partial charge in [-0.3, -0.25) is 10.1 Å². The first-order valence-corrected chi connectivity index (χ1v) is 6.30. The molecule has 3 rings (SSSR count). The Morgan fingerprint density at radius 2 is 2.28 bits per heavy atom. The molecule has 2 aliphatic rings. The SMILES string of the molecule is Cc1ccc(NC2CC3CCC2O3)cc1[N+](=O)[O-]. The average Bonchev–Trinajstić information content (AvgIpc) is 2.93. The Morgan fingerprint density at radius 3 is 2.89 bits per heavy atom. The number of anilines is 1. The summed E-state index contributed by atoms with van der Waals surface area (Å²) in [5.41, 5.74) is 1.67. The first-order valence-electron chi connectivity index (χ1n) is 6.30. The zero-order valence-electron chi connectivity index (χ0n) is 10.3. The van der Waals surface area contributed by atoms with E-state index in [1.807, 2.05) is 6.07 Å². The molecular weight excluding hydrogens is 232 g/mol. The fraction of sp³-hybridized carbons (Fsp3) is 0.538. The van der Waals surface area contributed by atoms with Gasteiger partial charge in [0.2, 0.25) is 0 Å². The highest BCUT2D eigenvalue weighted by Gasteiger charge is 2.40. The van der Waals surface area contributed by atoms with Gasteiger partial charge < -0.3 is 10.1 Å². The first kappa shape index (κ1) is 11.5. The van der Waals surface area contributed by atoms with E-state index in [1.165, 1.54) is 0 Å². The Morgan fingerprint density at radius 1 is 1.44 bits per heavy atom. The highest BCUT2D eigenvalue weighted by Crippen LogP contribution is 2.36. The van der Waals surface area contributed by atoms with Crippen molar-refractivity contribution in [1.29, 1.82) is 0 Å². The molecule has 2 heterocycles. The third-order valence-corrected chi connectivity index (χ3v) is 3.86. The summed E-state index contributed by atoms with van der Waals surface area (Å²) in [5.74, 6) is 0. The molecule has 2 aliphatic heterocycles. The molecule has 0 radical (unpaired) electrons. The third-order valence-electron chi connectivity index (χ3n) is 3.86. The molecule has 2 bridgehead atoms. The van der Waals surface area contributed by atoms with Crippen molar-refractivity contribution in [2.75, 3.05) is 5.32 Å². The largest absolute Gasteiger partial charge is 0.379 e. The van der Waals surface area contributed by atoms with Crippen LogP contribution in [0.4, 0.5) is 11.4 Å². The first-order chi connectivity index (χ1) is 8.63. The van der Waals surface area contributed by atoms with Crippen LogP contribution in [0.1, 0.15) is 24.8 Å². The predicted molar refractivity (Wildman–Crippen MR) is 67.8 cm³/mol. The molecule has 3 unspecified atom stereocenters. The van der Waals surface area contributed by atoms with Gasteiger partial charge in [-0.25, -0.2) is 0 Å². The highest BCUT2D eigenvalue weighted by atomic mass is 16.6. The van der Waals surface area contributed by atoms with Gasteiger partial charge in [-0.1, -0.05) is 6.07 Å². The van der Waals surface area contributed by atoms with Gasteiger partial charge in [0.1, 0.15) is 0 Å². The van der Waals surface area contributed by atoms with Crippen molar-refractivity contribution in [2.24, 2.45) is 0 Å². The second-order valence-electron chi connectivity index (χ2n) is 5.12. The van der Waals surface area contributed by atoms with Crippen molar-refractivity contribution in [3.63, 3.8) is 0 Å². The molecule has 0 aromatic heterocycles. The maximum absolute atomic E-state index is 10.9. The third kappa shape index (κ3) is 1.95. The maximum atomic E-state index is 10.9. The molecule has 18 heavy (non-hydrogen) atoms. The maximum Gasteiger partial charge on any atom is 0.274 e. The van der Waals surface area contributed by atoms with Gasteiger partial charge in [-0.2, -0.15) is 0 Å². The molecule has 5 heteroatoms. The number of aryl methyl sites for hydroxylation is 1. The molecule has 2 saturated heterocycles. The van der Waals surface area contributed by atoms with E-state index in [-0.39, 0.29) is 16.7 Å². The lowest BCUT2D eigenvalue weighted by molar-refractivity contribution is -0.385. The second kappa shape index (κ2) is 4.24. The zero-order chi connectivity index (χ0) is 12.7. The molecule has 1 aromatic carbocycles. The summed E-state index contributed by atoms with van der Waals surface area (Å²) in [7, 11) is 0. The lowest BCUT2D eigenvalue weighted by atomic mass is 9.95. The van der Waals surface area contributed by atoms with Crippen LogP contribution in [0.5, 0.6) is 0 Å². The monoisotopic (exact) mass is 248 g/mol. The average molecular weight is 248 g/mol. The standard InChI is InChI=1S/C13H16N2O3/c1-8-2-3-9(6-12(8)15(16)17)14-11-7-10-4-5-13(11)18-10/h2-3,6,10-11,13-14H,4-5,7H2,1H3. The number of nitro groups is 1. The Kier molecular flexibility index (Phi) is 2.70. The number of nitrogens with one attached hydrogen (secondary N) is 1. The van der Waals surface area contributed by atoms with Crippen LogP contribution in [-0.2, 0) is 4.74 Å². The van der Waals surface area contributed by atoms with E-state index in [1.54, 1.807) is 19.1 Å². The van der Waals surface area contributed by atoms with Crippen molar-refractivity contribution < 1.29 is 9.66 Å². The minimum atomic E-state index is -0.336. The zero-order valence-corrected chi connectivity index (χ0v) is 10.3. The summed E-state index contributed by atoms with van der Waals surface area (Å²) in [6.45, 7) is 1.75. The van der Waals surface area contributed by atoms with E-state index in [4.69, 9.17) is 4.74 Å². The summed E-state index contributed by atoms with van der Waals surface area (Å²) in [6.07, 6.45) is 3.91. The van der Waals surface area contributed by atoms with Crippen molar-refractivity contribution >= 4 is 11.4 Å². The summed E-state index contributed by atoms with van der Waals surface area (Å²) < 4.78 is 5.76. The number of nitrogens with zero attached hydrogens (tertiary/aromatic N) is 1. The van der Waals surface area contributed by atoms with E-state index in [9.17, 15) is 10.1 Å². The van der Waals surface area contributed by atoms with Crippen LogP contribution >= 0.6 is 0 Å². The molecule has 1 aromatic rings. The van der Waals surface area contributed by atoms with Crippen LogP contribution in [0.15, 0.2) is 18.2 Å².